The minimum Gasteiger partial charge on any atom is -0.481 e. The van der Waals surface area contributed by atoms with Crippen LogP contribution in [0.4, 0.5) is 4.79 Å². The Morgan fingerprint density at radius 2 is 1.69 bits per heavy atom. The molecule has 1 aliphatic heterocycles. The first-order chi connectivity index (χ1) is 5.96. The van der Waals surface area contributed by atoms with Crippen molar-refractivity contribution in [3.8, 4) is 0 Å². The van der Waals surface area contributed by atoms with Gasteiger partial charge in [-0.3, -0.25) is 4.79 Å². The molecule has 2 N–H and O–H groups in total. The SMILES string of the molecule is CC1(C(=O)O)CCN(C(=O)O)CC1. The second-order valence-corrected chi connectivity index (χ2v) is 3.64. The van der Waals surface area contributed by atoms with Gasteiger partial charge in [-0.1, -0.05) is 0 Å². The molecule has 0 bridgehead atoms. The number of aliphatic carboxylic acids is 1. The minimum atomic E-state index is -0.965. The Balaban J connectivity index is 2.56. The number of likely N-dealkylation sites (tertiary alicyclic amines) is 1. The number of rotatable bonds is 1. The molecule has 1 heterocycles. The van der Waals surface area contributed by atoms with Crippen molar-refractivity contribution in [2.45, 2.75) is 19.8 Å². The fourth-order valence-corrected chi connectivity index (χ4v) is 1.41. The molecule has 0 aliphatic carbocycles. The Morgan fingerprint density at radius 1 is 1.23 bits per heavy atom. The molecular formula is C8H13NO4. The van der Waals surface area contributed by atoms with Gasteiger partial charge < -0.3 is 15.1 Å². The molecule has 1 saturated heterocycles. The highest BCUT2D eigenvalue weighted by atomic mass is 16.4. The van der Waals surface area contributed by atoms with Gasteiger partial charge >= 0.3 is 12.1 Å². The number of hydrogen-bond donors (Lipinski definition) is 2. The lowest BCUT2D eigenvalue weighted by molar-refractivity contribution is -0.150. The number of piperidine rings is 1. The highest BCUT2D eigenvalue weighted by Gasteiger charge is 2.37. The van der Waals surface area contributed by atoms with Gasteiger partial charge in [-0.25, -0.2) is 4.79 Å². The summed E-state index contributed by atoms with van der Waals surface area (Å²) in [6.45, 7) is 2.30. The molecule has 5 heteroatoms. The van der Waals surface area contributed by atoms with Crippen molar-refractivity contribution in [1.29, 1.82) is 0 Å². The van der Waals surface area contributed by atoms with Crippen LogP contribution >= 0.6 is 0 Å². The maximum Gasteiger partial charge on any atom is 0.407 e. The van der Waals surface area contributed by atoms with Gasteiger partial charge in [0.1, 0.15) is 0 Å². The minimum absolute atomic E-state index is 0.318. The molecule has 0 saturated carbocycles. The Bertz CT molecular complexity index is 230. The Labute approximate surface area is 76.0 Å². The fraction of sp³-hybridized carbons (Fsp3) is 0.750. The van der Waals surface area contributed by atoms with Gasteiger partial charge in [-0.2, -0.15) is 0 Å². The first-order valence-electron chi connectivity index (χ1n) is 4.17. The van der Waals surface area contributed by atoms with Crippen LogP contribution in [-0.2, 0) is 4.79 Å². The molecule has 5 nitrogen and oxygen atoms in total. The summed E-state index contributed by atoms with van der Waals surface area (Å²) >= 11 is 0. The van der Waals surface area contributed by atoms with Gasteiger partial charge in [0.05, 0.1) is 5.41 Å². The monoisotopic (exact) mass is 187 g/mol. The third kappa shape index (κ3) is 1.91. The van der Waals surface area contributed by atoms with Crippen LogP contribution < -0.4 is 0 Å². The van der Waals surface area contributed by atoms with Crippen molar-refractivity contribution >= 4 is 12.1 Å². The summed E-state index contributed by atoms with van der Waals surface area (Å²) < 4.78 is 0. The lowest BCUT2D eigenvalue weighted by Crippen LogP contribution is -2.44. The number of carbonyl (C=O) groups is 2. The number of carboxylic acids is 1. The van der Waals surface area contributed by atoms with E-state index in [2.05, 4.69) is 0 Å². The predicted octanol–water partition coefficient (Wildman–Crippen LogP) is 0.851. The van der Waals surface area contributed by atoms with Crippen LogP contribution in [0.2, 0.25) is 0 Å². The van der Waals surface area contributed by atoms with Crippen LogP contribution in [0.5, 0.6) is 0 Å². The van der Waals surface area contributed by atoms with Gasteiger partial charge in [0.2, 0.25) is 0 Å². The molecule has 1 aliphatic rings. The fourth-order valence-electron chi connectivity index (χ4n) is 1.41. The third-order valence-electron chi connectivity index (χ3n) is 2.65. The zero-order valence-electron chi connectivity index (χ0n) is 7.49. The molecule has 1 fully saturated rings. The topological polar surface area (TPSA) is 77.8 Å². The molecule has 1 amide bonds. The second-order valence-electron chi connectivity index (χ2n) is 3.64. The molecule has 0 aromatic rings. The van der Waals surface area contributed by atoms with E-state index in [1.807, 2.05) is 0 Å². The summed E-state index contributed by atoms with van der Waals surface area (Å²) in [7, 11) is 0. The molecule has 13 heavy (non-hydrogen) atoms. The Hall–Kier alpha value is -1.26. The van der Waals surface area contributed by atoms with Gasteiger partial charge in [0.15, 0.2) is 0 Å². The highest BCUT2D eigenvalue weighted by Crippen LogP contribution is 2.30. The predicted molar refractivity (Wildman–Crippen MR) is 44.6 cm³/mol. The first-order valence-corrected chi connectivity index (χ1v) is 4.17. The van der Waals surface area contributed by atoms with E-state index in [-0.39, 0.29) is 0 Å². The lowest BCUT2D eigenvalue weighted by Gasteiger charge is -2.34. The van der Waals surface area contributed by atoms with Crippen molar-refractivity contribution in [3.63, 3.8) is 0 Å². The Morgan fingerprint density at radius 3 is 2.00 bits per heavy atom. The van der Waals surface area contributed by atoms with Gasteiger partial charge in [-0.15, -0.1) is 0 Å². The summed E-state index contributed by atoms with van der Waals surface area (Å²) in [5, 5.41) is 17.5. The van der Waals surface area contributed by atoms with E-state index in [1.165, 1.54) is 4.90 Å². The zero-order valence-corrected chi connectivity index (χ0v) is 7.49. The van der Waals surface area contributed by atoms with E-state index < -0.39 is 17.5 Å². The van der Waals surface area contributed by atoms with Crippen LogP contribution in [0.3, 0.4) is 0 Å². The van der Waals surface area contributed by atoms with E-state index in [9.17, 15) is 9.59 Å². The van der Waals surface area contributed by atoms with Gasteiger partial charge in [-0.05, 0) is 19.8 Å². The molecule has 0 unspecified atom stereocenters. The highest BCUT2D eigenvalue weighted by molar-refractivity contribution is 5.75. The molecule has 74 valence electrons. The summed E-state index contributed by atoms with van der Waals surface area (Å²) in [6, 6.07) is 0. The van der Waals surface area contributed by atoms with Crippen LogP contribution in [0, 0.1) is 5.41 Å². The maximum absolute atomic E-state index is 10.8. The van der Waals surface area contributed by atoms with Crippen molar-refractivity contribution in [3.05, 3.63) is 0 Å². The lowest BCUT2D eigenvalue weighted by atomic mass is 9.81. The summed E-state index contributed by atoms with van der Waals surface area (Å²) in [6.07, 6.45) is -0.170. The molecule has 1 rings (SSSR count). The quantitative estimate of drug-likeness (QED) is 0.638. The average Bonchev–Trinajstić information content (AvgIpc) is 2.04. The largest absolute Gasteiger partial charge is 0.481 e. The molecule has 0 aromatic carbocycles. The molecule has 0 aromatic heterocycles. The van der Waals surface area contributed by atoms with Crippen LogP contribution in [0.25, 0.3) is 0 Å². The van der Waals surface area contributed by atoms with E-state index >= 15 is 0 Å². The summed E-state index contributed by atoms with van der Waals surface area (Å²) in [5.41, 5.74) is -0.744. The molecule has 0 radical (unpaired) electrons. The average molecular weight is 187 g/mol. The molecule has 0 spiro atoms. The maximum atomic E-state index is 10.8. The van der Waals surface area contributed by atoms with E-state index in [1.54, 1.807) is 6.92 Å². The summed E-state index contributed by atoms with van der Waals surface area (Å²) in [5.74, 6) is -0.836. The smallest absolute Gasteiger partial charge is 0.407 e. The number of hydrogen-bond acceptors (Lipinski definition) is 2. The summed E-state index contributed by atoms with van der Waals surface area (Å²) in [4.78, 5) is 22.6. The van der Waals surface area contributed by atoms with E-state index in [0.29, 0.717) is 25.9 Å². The van der Waals surface area contributed by atoms with Crippen molar-refractivity contribution < 1.29 is 19.8 Å². The van der Waals surface area contributed by atoms with Gasteiger partial charge in [0.25, 0.3) is 0 Å². The van der Waals surface area contributed by atoms with Crippen molar-refractivity contribution in [1.82, 2.24) is 4.90 Å². The second kappa shape index (κ2) is 3.24. The van der Waals surface area contributed by atoms with Crippen molar-refractivity contribution in [2.75, 3.05) is 13.1 Å². The third-order valence-corrected chi connectivity index (χ3v) is 2.65. The van der Waals surface area contributed by atoms with Crippen LogP contribution in [-0.4, -0.2) is 40.3 Å². The molecule has 0 atom stereocenters. The number of nitrogens with zero attached hydrogens (tertiary/aromatic N) is 1. The normalized spacial score (nSPS) is 21.2. The Kier molecular flexibility index (Phi) is 2.45. The van der Waals surface area contributed by atoms with E-state index in [4.69, 9.17) is 10.2 Å². The van der Waals surface area contributed by atoms with Gasteiger partial charge in [0, 0.05) is 13.1 Å². The van der Waals surface area contributed by atoms with Crippen molar-refractivity contribution in [2.24, 2.45) is 5.41 Å². The zero-order chi connectivity index (χ0) is 10.1. The number of carboxylic acid groups (broad SMARTS) is 2. The van der Waals surface area contributed by atoms with Crippen LogP contribution in [0.1, 0.15) is 19.8 Å². The standard InChI is InChI=1S/C8H13NO4/c1-8(6(10)11)2-4-9(5-3-8)7(12)13/h2-5H2,1H3,(H,10,11)(H,12,13). The number of amides is 1. The van der Waals surface area contributed by atoms with E-state index in [0.717, 1.165) is 0 Å². The van der Waals surface area contributed by atoms with Crippen LogP contribution in [0.15, 0.2) is 0 Å². The first kappa shape index (κ1) is 9.83. The molecular weight excluding hydrogens is 174 g/mol.